The number of ketones is 1. The van der Waals surface area contributed by atoms with Crippen LogP contribution in [0.3, 0.4) is 0 Å². The molecular formula is C8H12O5S. The number of Topliss-reactive ketones (excluding diaryl/α,β-unsaturated/α-hetero) is 1. The summed E-state index contributed by atoms with van der Waals surface area (Å²) in [4.78, 5) is 21.9. The van der Waals surface area contributed by atoms with Gasteiger partial charge in [0.1, 0.15) is 15.6 Å². The summed E-state index contributed by atoms with van der Waals surface area (Å²) in [5.74, 6) is -3.34. The van der Waals surface area contributed by atoms with Gasteiger partial charge in [0.05, 0.1) is 11.7 Å². The largest absolute Gasteiger partial charge is 0.481 e. The first-order valence-corrected chi connectivity index (χ1v) is 6.30. The summed E-state index contributed by atoms with van der Waals surface area (Å²) in [5, 5.41) is 8.75. The highest BCUT2D eigenvalue weighted by Crippen LogP contribution is 2.29. The number of hydrogen-bond acceptors (Lipinski definition) is 4. The zero-order valence-electron chi connectivity index (χ0n) is 7.76. The fourth-order valence-corrected chi connectivity index (χ4v) is 2.81. The minimum Gasteiger partial charge on any atom is -0.481 e. The van der Waals surface area contributed by atoms with E-state index in [9.17, 15) is 18.0 Å². The summed E-state index contributed by atoms with van der Waals surface area (Å²) >= 11 is 0. The van der Waals surface area contributed by atoms with Gasteiger partial charge in [0.15, 0.2) is 0 Å². The van der Waals surface area contributed by atoms with Crippen molar-refractivity contribution in [3.8, 4) is 0 Å². The first-order chi connectivity index (χ1) is 6.31. The van der Waals surface area contributed by atoms with Crippen LogP contribution < -0.4 is 0 Å². The zero-order valence-corrected chi connectivity index (χ0v) is 8.58. The Hall–Kier alpha value is -0.910. The highest BCUT2D eigenvalue weighted by molar-refractivity contribution is 7.90. The molecular weight excluding hydrogens is 208 g/mol. The summed E-state index contributed by atoms with van der Waals surface area (Å²) in [6.07, 6.45) is 1.45. The normalized spacial score (nSPS) is 27.9. The smallest absolute Gasteiger partial charge is 0.307 e. The van der Waals surface area contributed by atoms with E-state index in [2.05, 4.69) is 0 Å². The number of sulfone groups is 1. The molecule has 2 atom stereocenters. The van der Waals surface area contributed by atoms with Crippen molar-refractivity contribution in [2.45, 2.75) is 12.8 Å². The molecule has 1 fully saturated rings. The van der Waals surface area contributed by atoms with Crippen LogP contribution >= 0.6 is 0 Å². The Labute approximate surface area is 82.0 Å². The molecule has 1 rings (SSSR count). The maximum atomic E-state index is 11.2. The van der Waals surface area contributed by atoms with Crippen molar-refractivity contribution in [2.24, 2.45) is 11.8 Å². The Kier molecular flexibility index (Phi) is 2.94. The number of carbonyl (C=O) groups is 2. The van der Waals surface area contributed by atoms with Gasteiger partial charge >= 0.3 is 5.97 Å². The maximum Gasteiger partial charge on any atom is 0.307 e. The van der Waals surface area contributed by atoms with Gasteiger partial charge in [-0.1, -0.05) is 0 Å². The average molecular weight is 220 g/mol. The molecule has 6 heteroatoms. The van der Waals surface area contributed by atoms with Crippen LogP contribution in [-0.2, 0) is 19.4 Å². The van der Waals surface area contributed by atoms with Crippen LogP contribution in [0.5, 0.6) is 0 Å². The standard InChI is InChI=1S/C8H12O5S/c1-14(12,13)4-6-5(8(10)11)2-3-7(6)9/h5-6H,2-4H2,1H3,(H,10,11)/t5?,6-/m0/s1. The lowest BCUT2D eigenvalue weighted by Crippen LogP contribution is -2.28. The van der Waals surface area contributed by atoms with Crippen molar-refractivity contribution in [3.63, 3.8) is 0 Å². The molecule has 0 aromatic heterocycles. The van der Waals surface area contributed by atoms with Gasteiger partial charge < -0.3 is 5.11 Å². The van der Waals surface area contributed by atoms with Crippen molar-refractivity contribution in [1.82, 2.24) is 0 Å². The highest BCUT2D eigenvalue weighted by Gasteiger charge is 2.40. The molecule has 0 spiro atoms. The van der Waals surface area contributed by atoms with Gasteiger partial charge in [0.25, 0.3) is 0 Å². The number of hydrogen-bond donors (Lipinski definition) is 1. The van der Waals surface area contributed by atoms with Crippen molar-refractivity contribution in [3.05, 3.63) is 0 Å². The molecule has 0 saturated heterocycles. The molecule has 80 valence electrons. The van der Waals surface area contributed by atoms with Crippen LogP contribution in [0.2, 0.25) is 0 Å². The van der Waals surface area contributed by atoms with Crippen LogP contribution in [0, 0.1) is 11.8 Å². The second kappa shape index (κ2) is 3.68. The number of carbonyl (C=O) groups excluding carboxylic acids is 1. The Morgan fingerprint density at radius 1 is 1.57 bits per heavy atom. The lowest BCUT2D eigenvalue weighted by molar-refractivity contribution is -0.143. The number of carboxylic acid groups (broad SMARTS) is 1. The summed E-state index contributed by atoms with van der Waals surface area (Å²) < 4.78 is 21.9. The third kappa shape index (κ3) is 2.54. The van der Waals surface area contributed by atoms with Crippen LogP contribution in [0.4, 0.5) is 0 Å². The first kappa shape index (κ1) is 11.2. The molecule has 0 radical (unpaired) electrons. The molecule has 0 aliphatic heterocycles. The molecule has 0 bridgehead atoms. The van der Waals surface area contributed by atoms with Crippen LogP contribution in [0.1, 0.15) is 12.8 Å². The van der Waals surface area contributed by atoms with Gasteiger partial charge in [-0.05, 0) is 6.42 Å². The molecule has 1 saturated carbocycles. The predicted molar refractivity (Wildman–Crippen MR) is 48.6 cm³/mol. The van der Waals surface area contributed by atoms with Crippen LogP contribution in [-0.4, -0.2) is 37.3 Å². The molecule has 1 N–H and O–H groups in total. The molecule has 0 aromatic rings. The Morgan fingerprint density at radius 2 is 2.14 bits per heavy atom. The topological polar surface area (TPSA) is 88.5 Å². The summed E-state index contributed by atoms with van der Waals surface area (Å²) in [6, 6.07) is 0. The quantitative estimate of drug-likeness (QED) is 0.706. The number of carboxylic acids is 1. The van der Waals surface area contributed by atoms with Crippen molar-refractivity contribution < 1.29 is 23.1 Å². The van der Waals surface area contributed by atoms with Gasteiger partial charge in [-0.15, -0.1) is 0 Å². The van der Waals surface area contributed by atoms with Crippen LogP contribution in [0.25, 0.3) is 0 Å². The second-order valence-electron chi connectivity index (χ2n) is 3.65. The zero-order chi connectivity index (χ0) is 10.9. The van der Waals surface area contributed by atoms with E-state index >= 15 is 0 Å². The molecule has 5 nitrogen and oxygen atoms in total. The third-order valence-electron chi connectivity index (χ3n) is 2.40. The van der Waals surface area contributed by atoms with E-state index in [1.54, 1.807) is 0 Å². The fourth-order valence-electron chi connectivity index (χ4n) is 1.74. The van der Waals surface area contributed by atoms with E-state index in [4.69, 9.17) is 5.11 Å². The summed E-state index contributed by atoms with van der Waals surface area (Å²) in [7, 11) is -3.29. The van der Waals surface area contributed by atoms with Gasteiger partial charge in [0.2, 0.25) is 0 Å². The van der Waals surface area contributed by atoms with Crippen molar-refractivity contribution in [1.29, 1.82) is 0 Å². The molecule has 1 aliphatic carbocycles. The average Bonchev–Trinajstić information content (AvgIpc) is 2.29. The summed E-state index contributed by atoms with van der Waals surface area (Å²) in [5.41, 5.74) is 0. The van der Waals surface area contributed by atoms with Gasteiger partial charge in [-0.3, -0.25) is 9.59 Å². The molecule has 1 unspecified atom stereocenters. The predicted octanol–water partition coefficient (Wildman–Crippen LogP) is -0.289. The SMILES string of the molecule is CS(=O)(=O)C[C@@H]1C(=O)CCC1C(=O)O. The Bertz CT molecular complexity index is 356. The summed E-state index contributed by atoms with van der Waals surface area (Å²) in [6.45, 7) is 0. The minimum absolute atomic E-state index is 0.178. The van der Waals surface area contributed by atoms with E-state index in [1.807, 2.05) is 0 Å². The molecule has 0 amide bonds. The maximum absolute atomic E-state index is 11.2. The molecule has 0 heterocycles. The molecule has 14 heavy (non-hydrogen) atoms. The number of rotatable bonds is 3. The minimum atomic E-state index is -3.29. The van der Waals surface area contributed by atoms with E-state index in [0.29, 0.717) is 0 Å². The van der Waals surface area contributed by atoms with Gasteiger partial charge in [-0.2, -0.15) is 0 Å². The van der Waals surface area contributed by atoms with E-state index < -0.39 is 27.6 Å². The van der Waals surface area contributed by atoms with E-state index in [1.165, 1.54) is 0 Å². The first-order valence-electron chi connectivity index (χ1n) is 4.24. The monoisotopic (exact) mass is 220 g/mol. The van der Waals surface area contributed by atoms with E-state index in [0.717, 1.165) is 6.26 Å². The molecule has 1 aliphatic rings. The fraction of sp³-hybridized carbons (Fsp3) is 0.750. The van der Waals surface area contributed by atoms with E-state index in [-0.39, 0.29) is 24.4 Å². The lowest BCUT2D eigenvalue weighted by atomic mass is 9.98. The van der Waals surface area contributed by atoms with Gasteiger partial charge in [0, 0.05) is 18.6 Å². The second-order valence-corrected chi connectivity index (χ2v) is 5.83. The Balaban J connectivity index is 2.83. The van der Waals surface area contributed by atoms with Crippen molar-refractivity contribution in [2.75, 3.05) is 12.0 Å². The third-order valence-corrected chi connectivity index (χ3v) is 3.37. The van der Waals surface area contributed by atoms with Crippen LogP contribution in [0.15, 0.2) is 0 Å². The lowest BCUT2D eigenvalue weighted by Gasteiger charge is -2.12. The Morgan fingerprint density at radius 3 is 2.57 bits per heavy atom. The van der Waals surface area contributed by atoms with Crippen molar-refractivity contribution >= 4 is 21.6 Å². The van der Waals surface area contributed by atoms with Gasteiger partial charge in [-0.25, -0.2) is 8.42 Å². The number of aliphatic carboxylic acids is 1. The highest BCUT2D eigenvalue weighted by atomic mass is 32.2. The molecule has 0 aromatic carbocycles.